The first-order valence-electron chi connectivity index (χ1n) is 9.09. The van der Waals surface area contributed by atoms with E-state index in [2.05, 4.69) is 26.1 Å². The average Bonchev–Trinajstić information content (AvgIpc) is 2.54. The van der Waals surface area contributed by atoms with Gasteiger partial charge in [0, 0.05) is 12.3 Å². The molecular weight excluding hydrogens is 302 g/mol. The maximum atomic E-state index is 12.7. The van der Waals surface area contributed by atoms with Crippen LogP contribution in [0.5, 0.6) is 5.75 Å². The summed E-state index contributed by atoms with van der Waals surface area (Å²) in [6, 6.07) is 7.51. The molecule has 0 unspecified atom stereocenters. The van der Waals surface area contributed by atoms with Crippen molar-refractivity contribution >= 4 is 11.6 Å². The third-order valence-electron chi connectivity index (χ3n) is 3.78. The lowest BCUT2D eigenvalue weighted by atomic mass is 9.93. The number of hydrogen-bond donors (Lipinski definition) is 1. The zero-order chi connectivity index (χ0) is 18.0. The minimum Gasteiger partial charge on any atom is -0.494 e. The second-order valence-electron chi connectivity index (χ2n) is 6.86. The zero-order valence-corrected chi connectivity index (χ0v) is 15.9. The van der Waals surface area contributed by atoms with Gasteiger partial charge in [0.05, 0.1) is 6.61 Å². The standard InChI is InChI=1S/C20H33NO3/c1-6-8-14-23-18-11-9-17(10-12-18)21-19(22)20(5,15-16(3)4)24-13-7-2/h9-12,16H,6-8,13-15H2,1-5H3,(H,21,22)/t20-/m1/s1. The van der Waals surface area contributed by atoms with Crippen LogP contribution in [-0.2, 0) is 9.53 Å². The minimum absolute atomic E-state index is 0.0932. The summed E-state index contributed by atoms with van der Waals surface area (Å²) in [4.78, 5) is 12.7. The second-order valence-corrected chi connectivity index (χ2v) is 6.86. The molecule has 0 aromatic heterocycles. The van der Waals surface area contributed by atoms with Crippen molar-refractivity contribution in [3.63, 3.8) is 0 Å². The van der Waals surface area contributed by atoms with Gasteiger partial charge in [-0.05, 0) is 56.4 Å². The van der Waals surface area contributed by atoms with Crippen LogP contribution in [-0.4, -0.2) is 24.7 Å². The van der Waals surface area contributed by atoms with Crippen LogP contribution in [0.2, 0.25) is 0 Å². The fraction of sp³-hybridized carbons (Fsp3) is 0.650. The maximum absolute atomic E-state index is 12.7. The molecule has 0 aliphatic heterocycles. The Bertz CT molecular complexity index is 484. The van der Waals surface area contributed by atoms with Gasteiger partial charge in [0.1, 0.15) is 11.4 Å². The van der Waals surface area contributed by atoms with Crippen LogP contribution in [0.3, 0.4) is 0 Å². The molecule has 0 aliphatic carbocycles. The van der Waals surface area contributed by atoms with Gasteiger partial charge in [0.25, 0.3) is 5.91 Å². The van der Waals surface area contributed by atoms with Crippen LogP contribution in [0.25, 0.3) is 0 Å². The molecule has 0 bridgehead atoms. The molecule has 1 amide bonds. The first-order chi connectivity index (χ1) is 11.4. The third-order valence-corrected chi connectivity index (χ3v) is 3.78. The average molecular weight is 335 g/mol. The summed E-state index contributed by atoms with van der Waals surface area (Å²) in [5, 5.41) is 2.97. The van der Waals surface area contributed by atoms with E-state index < -0.39 is 5.60 Å². The van der Waals surface area contributed by atoms with Crippen molar-refractivity contribution in [3.8, 4) is 5.75 Å². The van der Waals surface area contributed by atoms with Crippen molar-refractivity contribution in [2.24, 2.45) is 5.92 Å². The van der Waals surface area contributed by atoms with E-state index in [9.17, 15) is 4.79 Å². The number of carbonyl (C=O) groups is 1. The summed E-state index contributed by atoms with van der Waals surface area (Å²) in [5.74, 6) is 1.12. The molecule has 136 valence electrons. The highest BCUT2D eigenvalue weighted by atomic mass is 16.5. The number of benzene rings is 1. The van der Waals surface area contributed by atoms with E-state index in [0.29, 0.717) is 18.9 Å². The van der Waals surface area contributed by atoms with Gasteiger partial charge in [0.2, 0.25) is 0 Å². The lowest BCUT2D eigenvalue weighted by Gasteiger charge is -2.30. The van der Waals surface area contributed by atoms with Gasteiger partial charge < -0.3 is 14.8 Å². The van der Waals surface area contributed by atoms with Crippen molar-refractivity contribution in [1.29, 1.82) is 0 Å². The number of carbonyl (C=O) groups excluding carboxylic acids is 1. The van der Waals surface area contributed by atoms with Crippen molar-refractivity contribution in [2.75, 3.05) is 18.5 Å². The fourth-order valence-corrected chi connectivity index (χ4v) is 2.56. The molecule has 0 fully saturated rings. The lowest BCUT2D eigenvalue weighted by molar-refractivity contribution is -0.141. The molecule has 4 heteroatoms. The maximum Gasteiger partial charge on any atom is 0.256 e. The molecule has 1 aromatic carbocycles. The van der Waals surface area contributed by atoms with Gasteiger partial charge in [-0.1, -0.05) is 34.1 Å². The van der Waals surface area contributed by atoms with Gasteiger partial charge in [0.15, 0.2) is 0 Å². The van der Waals surface area contributed by atoms with Crippen molar-refractivity contribution in [1.82, 2.24) is 0 Å². The highest BCUT2D eigenvalue weighted by Gasteiger charge is 2.34. The van der Waals surface area contributed by atoms with E-state index in [1.165, 1.54) is 0 Å². The highest BCUT2D eigenvalue weighted by Crippen LogP contribution is 2.24. The molecule has 1 N–H and O–H groups in total. The quantitative estimate of drug-likeness (QED) is 0.577. The fourth-order valence-electron chi connectivity index (χ4n) is 2.56. The Hall–Kier alpha value is -1.55. The van der Waals surface area contributed by atoms with Crippen LogP contribution in [0.1, 0.15) is 60.3 Å². The Labute approximate surface area is 146 Å². The minimum atomic E-state index is -0.805. The van der Waals surface area contributed by atoms with Crippen LogP contribution >= 0.6 is 0 Å². The topological polar surface area (TPSA) is 47.6 Å². The van der Waals surface area contributed by atoms with E-state index >= 15 is 0 Å². The normalized spacial score (nSPS) is 13.6. The van der Waals surface area contributed by atoms with E-state index in [4.69, 9.17) is 9.47 Å². The predicted octanol–water partition coefficient (Wildman–Crippen LogP) is 5.04. The Kier molecular flexibility index (Phi) is 8.83. The Morgan fingerprint density at radius 3 is 2.33 bits per heavy atom. The molecule has 0 heterocycles. The van der Waals surface area contributed by atoms with E-state index in [1.807, 2.05) is 38.1 Å². The van der Waals surface area contributed by atoms with Gasteiger partial charge in [-0.3, -0.25) is 4.79 Å². The third kappa shape index (κ3) is 6.91. The highest BCUT2D eigenvalue weighted by molar-refractivity contribution is 5.97. The van der Waals surface area contributed by atoms with Gasteiger partial charge in [-0.25, -0.2) is 0 Å². The smallest absolute Gasteiger partial charge is 0.256 e. The molecule has 1 rings (SSSR count). The molecule has 0 saturated carbocycles. The lowest BCUT2D eigenvalue weighted by Crippen LogP contribution is -2.44. The Balaban J connectivity index is 2.68. The first kappa shape index (κ1) is 20.5. The van der Waals surface area contributed by atoms with Gasteiger partial charge in [-0.2, -0.15) is 0 Å². The summed E-state index contributed by atoms with van der Waals surface area (Å²) >= 11 is 0. The van der Waals surface area contributed by atoms with Crippen molar-refractivity contribution in [3.05, 3.63) is 24.3 Å². The summed E-state index contributed by atoms with van der Waals surface area (Å²) in [6.07, 6.45) is 3.74. The zero-order valence-electron chi connectivity index (χ0n) is 15.9. The van der Waals surface area contributed by atoms with Crippen LogP contribution in [0, 0.1) is 5.92 Å². The van der Waals surface area contributed by atoms with Crippen LogP contribution in [0.4, 0.5) is 5.69 Å². The summed E-state index contributed by atoms with van der Waals surface area (Å²) in [7, 11) is 0. The largest absolute Gasteiger partial charge is 0.494 e. The molecule has 0 spiro atoms. The second kappa shape index (κ2) is 10.3. The summed E-state index contributed by atoms with van der Waals surface area (Å²) in [5.41, 5.74) is -0.0431. The SMILES string of the molecule is CCCCOc1ccc(NC(=O)[C@@](C)(CC(C)C)OCCC)cc1. The molecule has 0 aliphatic rings. The molecule has 1 aromatic rings. The summed E-state index contributed by atoms with van der Waals surface area (Å²) < 4.78 is 11.5. The van der Waals surface area contributed by atoms with E-state index in [0.717, 1.165) is 37.3 Å². The van der Waals surface area contributed by atoms with Crippen molar-refractivity contribution in [2.45, 2.75) is 65.9 Å². The molecule has 0 saturated heterocycles. The molecular formula is C20H33NO3. The first-order valence-corrected chi connectivity index (χ1v) is 9.09. The number of unbranched alkanes of at least 4 members (excludes halogenated alkanes) is 1. The van der Waals surface area contributed by atoms with E-state index in [-0.39, 0.29) is 5.91 Å². The molecule has 0 radical (unpaired) electrons. The number of nitrogens with one attached hydrogen (secondary N) is 1. The van der Waals surface area contributed by atoms with E-state index in [1.54, 1.807) is 0 Å². The Morgan fingerprint density at radius 2 is 1.79 bits per heavy atom. The van der Waals surface area contributed by atoms with Gasteiger partial charge in [-0.15, -0.1) is 0 Å². The van der Waals surface area contributed by atoms with Crippen LogP contribution in [0.15, 0.2) is 24.3 Å². The molecule has 4 nitrogen and oxygen atoms in total. The number of rotatable bonds is 11. The number of anilines is 1. The number of amides is 1. The number of ether oxygens (including phenoxy) is 2. The number of hydrogen-bond acceptors (Lipinski definition) is 3. The van der Waals surface area contributed by atoms with Crippen LogP contribution < -0.4 is 10.1 Å². The Morgan fingerprint density at radius 1 is 1.12 bits per heavy atom. The predicted molar refractivity (Wildman–Crippen MR) is 99.6 cm³/mol. The summed E-state index contributed by atoms with van der Waals surface area (Å²) in [6.45, 7) is 11.6. The van der Waals surface area contributed by atoms with Crippen molar-refractivity contribution < 1.29 is 14.3 Å². The monoisotopic (exact) mass is 335 g/mol. The molecule has 1 atom stereocenters. The van der Waals surface area contributed by atoms with Gasteiger partial charge >= 0.3 is 0 Å². The molecule has 24 heavy (non-hydrogen) atoms.